The Bertz CT molecular complexity index is 863. The summed E-state index contributed by atoms with van der Waals surface area (Å²) in [7, 11) is 0. The van der Waals surface area contributed by atoms with E-state index in [-0.39, 0.29) is 18.4 Å². The van der Waals surface area contributed by atoms with Gasteiger partial charge in [0.2, 0.25) is 17.6 Å². The third-order valence-electron chi connectivity index (χ3n) is 4.64. The summed E-state index contributed by atoms with van der Waals surface area (Å²) in [4.78, 5) is 23.1. The smallest absolute Gasteiger partial charge is 0.246 e. The third kappa shape index (κ3) is 4.40. The number of carbonyl (C=O) groups is 1. The van der Waals surface area contributed by atoms with E-state index in [9.17, 15) is 4.79 Å². The van der Waals surface area contributed by atoms with Gasteiger partial charge in [-0.25, -0.2) is 0 Å². The van der Waals surface area contributed by atoms with Crippen LogP contribution in [0, 0.1) is 5.92 Å². The molecule has 4 rings (SSSR count). The molecule has 1 aliphatic rings. The molecular formula is C19H21N5O3. The Morgan fingerprint density at radius 3 is 3.11 bits per heavy atom. The monoisotopic (exact) mass is 367 g/mol. The average molecular weight is 367 g/mol. The second-order valence-electron chi connectivity index (χ2n) is 6.62. The predicted molar refractivity (Wildman–Crippen MR) is 96.1 cm³/mol. The average Bonchev–Trinajstić information content (AvgIpc) is 3.39. The van der Waals surface area contributed by atoms with Crippen LogP contribution < -0.4 is 5.32 Å². The van der Waals surface area contributed by atoms with Crippen molar-refractivity contribution in [2.24, 2.45) is 5.92 Å². The number of aromatic nitrogens is 3. The van der Waals surface area contributed by atoms with Crippen molar-refractivity contribution in [3.63, 3.8) is 0 Å². The Morgan fingerprint density at radius 2 is 2.30 bits per heavy atom. The number of rotatable bonds is 6. The minimum absolute atomic E-state index is 0.0141. The molecule has 0 aromatic carbocycles. The van der Waals surface area contributed by atoms with Gasteiger partial charge in [0.05, 0.1) is 25.3 Å². The summed E-state index contributed by atoms with van der Waals surface area (Å²) in [5.41, 5.74) is 0.777. The molecule has 4 heterocycles. The molecule has 1 N–H and O–H groups in total. The first kappa shape index (κ1) is 17.4. The molecule has 1 atom stereocenters. The number of hydrogen-bond acceptors (Lipinski definition) is 7. The molecule has 8 nitrogen and oxygen atoms in total. The van der Waals surface area contributed by atoms with Crippen LogP contribution in [0.4, 0.5) is 0 Å². The van der Waals surface area contributed by atoms with Gasteiger partial charge in [0.15, 0.2) is 0 Å². The van der Waals surface area contributed by atoms with Crippen molar-refractivity contribution in [3.05, 3.63) is 54.6 Å². The van der Waals surface area contributed by atoms with Crippen molar-refractivity contribution in [3.8, 4) is 11.4 Å². The Balaban J connectivity index is 1.29. The zero-order valence-corrected chi connectivity index (χ0v) is 14.9. The van der Waals surface area contributed by atoms with Crippen molar-refractivity contribution >= 4 is 5.91 Å². The Labute approximate surface area is 156 Å². The first-order chi connectivity index (χ1) is 13.3. The molecule has 27 heavy (non-hydrogen) atoms. The zero-order chi connectivity index (χ0) is 18.5. The van der Waals surface area contributed by atoms with E-state index in [1.807, 2.05) is 24.3 Å². The minimum Gasteiger partial charge on any atom is -0.468 e. The highest BCUT2D eigenvalue weighted by Gasteiger charge is 2.26. The largest absolute Gasteiger partial charge is 0.468 e. The van der Waals surface area contributed by atoms with Crippen molar-refractivity contribution in [2.45, 2.75) is 25.9 Å². The maximum absolute atomic E-state index is 12.5. The van der Waals surface area contributed by atoms with Crippen molar-refractivity contribution in [1.82, 2.24) is 25.3 Å². The summed E-state index contributed by atoms with van der Waals surface area (Å²) < 4.78 is 10.6. The van der Waals surface area contributed by atoms with E-state index < -0.39 is 0 Å². The van der Waals surface area contributed by atoms with Crippen LogP contribution in [0.15, 0.2) is 51.9 Å². The molecule has 1 fully saturated rings. The molecule has 1 amide bonds. The minimum atomic E-state index is -0.0468. The molecule has 3 aromatic rings. The quantitative estimate of drug-likeness (QED) is 0.713. The summed E-state index contributed by atoms with van der Waals surface area (Å²) in [6, 6.07) is 7.51. The lowest BCUT2D eigenvalue weighted by Crippen LogP contribution is -2.42. The first-order valence-electron chi connectivity index (χ1n) is 9.03. The molecule has 140 valence electrons. The first-order valence-corrected chi connectivity index (χ1v) is 9.03. The van der Waals surface area contributed by atoms with Gasteiger partial charge in [0, 0.05) is 24.5 Å². The molecule has 0 spiro atoms. The predicted octanol–water partition coefficient (Wildman–Crippen LogP) is 2.25. The van der Waals surface area contributed by atoms with Gasteiger partial charge >= 0.3 is 0 Å². The van der Waals surface area contributed by atoms with E-state index in [1.54, 1.807) is 18.7 Å². The van der Waals surface area contributed by atoms with E-state index in [0.717, 1.165) is 43.8 Å². The van der Waals surface area contributed by atoms with Gasteiger partial charge in [-0.1, -0.05) is 5.16 Å². The van der Waals surface area contributed by atoms with Crippen LogP contribution in [0.1, 0.15) is 24.5 Å². The highest BCUT2D eigenvalue weighted by Crippen LogP contribution is 2.19. The lowest BCUT2D eigenvalue weighted by molar-refractivity contribution is -0.127. The number of furan rings is 1. The number of carbonyl (C=O) groups excluding carboxylic acids is 1. The fourth-order valence-corrected chi connectivity index (χ4v) is 3.28. The fourth-order valence-electron chi connectivity index (χ4n) is 3.28. The maximum Gasteiger partial charge on any atom is 0.246 e. The van der Waals surface area contributed by atoms with Crippen molar-refractivity contribution < 1.29 is 13.7 Å². The molecule has 1 aliphatic heterocycles. The molecule has 0 aliphatic carbocycles. The van der Waals surface area contributed by atoms with Crippen molar-refractivity contribution in [1.29, 1.82) is 0 Å². The third-order valence-corrected chi connectivity index (χ3v) is 4.64. The molecule has 3 aromatic heterocycles. The summed E-state index contributed by atoms with van der Waals surface area (Å²) in [6.45, 7) is 2.65. The van der Waals surface area contributed by atoms with Crippen LogP contribution in [0.25, 0.3) is 11.4 Å². The molecular weight excluding hydrogens is 346 g/mol. The lowest BCUT2D eigenvalue weighted by atomic mass is 9.97. The van der Waals surface area contributed by atoms with Gasteiger partial charge in [0.25, 0.3) is 0 Å². The summed E-state index contributed by atoms with van der Waals surface area (Å²) in [5.74, 6) is 1.74. The molecule has 0 bridgehead atoms. The molecule has 8 heteroatoms. The number of likely N-dealkylation sites (tertiary alicyclic amines) is 1. The molecule has 0 saturated carbocycles. The number of nitrogens with zero attached hydrogens (tertiary/aromatic N) is 4. The van der Waals surface area contributed by atoms with Gasteiger partial charge < -0.3 is 14.3 Å². The standard InChI is InChI=1S/C19H21N5O3/c25-19(15-5-2-8-24(12-15)13-16-6-3-9-26-16)21-11-17-22-18(23-27-17)14-4-1-7-20-10-14/h1,3-4,6-7,9-10,15H,2,5,8,11-13H2,(H,21,25)/t15-/m0/s1. The number of pyridine rings is 1. The van der Waals surface area contributed by atoms with Crippen LogP contribution >= 0.6 is 0 Å². The van der Waals surface area contributed by atoms with E-state index in [2.05, 4.69) is 25.3 Å². The lowest BCUT2D eigenvalue weighted by Gasteiger charge is -2.31. The Hall–Kier alpha value is -3.00. The van der Waals surface area contributed by atoms with Gasteiger partial charge in [-0.2, -0.15) is 4.98 Å². The van der Waals surface area contributed by atoms with Gasteiger partial charge in [0.1, 0.15) is 5.76 Å². The SMILES string of the molecule is O=C(NCc1nc(-c2cccnc2)no1)[C@H]1CCCN(Cc2ccco2)C1. The van der Waals surface area contributed by atoms with Crippen LogP contribution in [0.3, 0.4) is 0 Å². The summed E-state index contributed by atoms with van der Waals surface area (Å²) in [5, 5.41) is 6.85. The zero-order valence-electron chi connectivity index (χ0n) is 14.9. The van der Waals surface area contributed by atoms with Crippen LogP contribution in [-0.4, -0.2) is 39.0 Å². The second-order valence-corrected chi connectivity index (χ2v) is 6.62. The van der Waals surface area contributed by atoms with E-state index >= 15 is 0 Å². The molecule has 0 unspecified atom stereocenters. The Kier molecular flexibility index (Phi) is 5.24. The molecule has 1 saturated heterocycles. The topological polar surface area (TPSA) is 97.3 Å². The number of hydrogen-bond donors (Lipinski definition) is 1. The van der Waals surface area contributed by atoms with E-state index in [4.69, 9.17) is 8.94 Å². The van der Waals surface area contributed by atoms with Crippen LogP contribution in [0.5, 0.6) is 0 Å². The highest BCUT2D eigenvalue weighted by atomic mass is 16.5. The summed E-state index contributed by atoms with van der Waals surface area (Å²) >= 11 is 0. The van der Waals surface area contributed by atoms with E-state index in [0.29, 0.717) is 11.7 Å². The van der Waals surface area contributed by atoms with Gasteiger partial charge in [-0.05, 0) is 43.7 Å². The van der Waals surface area contributed by atoms with Crippen molar-refractivity contribution in [2.75, 3.05) is 13.1 Å². The highest BCUT2D eigenvalue weighted by molar-refractivity contribution is 5.78. The number of amides is 1. The van der Waals surface area contributed by atoms with E-state index in [1.165, 1.54) is 0 Å². The molecule has 0 radical (unpaired) electrons. The Morgan fingerprint density at radius 1 is 1.33 bits per heavy atom. The fraction of sp³-hybridized carbons (Fsp3) is 0.368. The number of nitrogens with one attached hydrogen (secondary N) is 1. The van der Waals surface area contributed by atoms with Crippen LogP contribution in [0.2, 0.25) is 0 Å². The van der Waals surface area contributed by atoms with Gasteiger partial charge in [-0.3, -0.25) is 14.7 Å². The van der Waals surface area contributed by atoms with Crippen LogP contribution in [-0.2, 0) is 17.9 Å². The second kappa shape index (κ2) is 8.13. The summed E-state index contributed by atoms with van der Waals surface area (Å²) in [6.07, 6.45) is 6.90. The normalized spacial score (nSPS) is 17.7. The maximum atomic E-state index is 12.5. The number of piperidine rings is 1. The van der Waals surface area contributed by atoms with Gasteiger partial charge in [-0.15, -0.1) is 0 Å².